The molecule has 0 saturated heterocycles. The van der Waals surface area contributed by atoms with Gasteiger partial charge in [0.15, 0.2) is 0 Å². The first-order valence-electron chi connectivity index (χ1n) is 13.2. The molecule has 0 N–H and O–H groups in total. The van der Waals surface area contributed by atoms with Crippen molar-refractivity contribution >= 4 is 37.5 Å². The molecule has 0 amide bonds. The maximum Gasteiger partial charge on any atom is 0.307 e. The average molecular weight is 578 g/mol. The van der Waals surface area contributed by atoms with Crippen molar-refractivity contribution in [2.45, 2.75) is 32.9 Å². The lowest BCUT2D eigenvalue weighted by Gasteiger charge is -2.40. The van der Waals surface area contributed by atoms with Crippen LogP contribution in [0.5, 0.6) is 0 Å². The molecule has 0 fully saturated rings. The highest BCUT2D eigenvalue weighted by atomic mass is 32.3. The topological polar surface area (TPSA) is 53.1 Å². The van der Waals surface area contributed by atoms with Crippen LogP contribution >= 0.6 is 10.3 Å². The molecule has 0 aliphatic heterocycles. The monoisotopic (exact) mass is 577 g/mol. The first-order chi connectivity index (χ1) is 19.0. The Morgan fingerprint density at radius 2 is 0.800 bits per heavy atom. The van der Waals surface area contributed by atoms with E-state index in [2.05, 4.69) is 0 Å². The van der Waals surface area contributed by atoms with Crippen LogP contribution in [0.1, 0.15) is 12.5 Å². The Morgan fingerprint density at radius 1 is 0.500 bits per heavy atom. The van der Waals surface area contributed by atoms with Crippen molar-refractivity contribution in [3.8, 4) is 0 Å². The second kappa shape index (κ2) is 12.0. The molecule has 0 bridgehead atoms. The van der Waals surface area contributed by atoms with Crippen LogP contribution in [0.15, 0.2) is 117 Å². The molecule has 0 unspecified atom stereocenters. The molecular formula is C32H39N3O3S2. The zero-order valence-electron chi connectivity index (χ0n) is 24.3. The minimum absolute atomic E-state index is 0.140. The molecule has 0 atom stereocenters. The predicted octanol–water partition coefficient (Wildman–Crippen LogP) is 7.05. The van der Waals surface area contributed by atoms with Crippen LogP contribution < -0.4 is 14.7 Å². The van der Waals surface area contributed by atoms with E-state index in [0.29, 0.717) is 0 Å². The fraction of sp³-hybridized carbons (Fsp3) is 0.250. The summed E-state index contributed by atoms with van der Waals surface area (Å²) in [5.41, 5.74) is 4.11. The summed E-state index contributed by atoms with van der Waals surface area (Å²) in [6.45, 7) is 2.04. The van der Waals surface area contributed by atoms with E-state index in [1.54, 1.807) is 12.1 Å². The van der Waals surface area contributed by atoms with Gasteiger partial charge in [0.2, 0.25) is 0 Å². The van der Waals surface area contributed by atoms with Crippen molar-refractivity contribution in [3.05, 3.63) is 103 Å². The third kappa shape index (κ3) is 5.99. The van der Waals surface area contributed by atoms with Crippen molar-refractivity contribution in [1.82, 2.24) is 0 Å². The summed E-state index contributed by atoms with van der Waals surface area (Å²) >= 11 is 0. The molecule has 0 spiro atoms. The Hall–Kier alpha value is -3.46. The number of benzene rings is 4. The molecular weight excluding hydrogens is 539 g/mol. The van der Waals surface area contributed by atoms with Crippen LogP contribution in [0.25, 0.3) is 0 Å². The lowest BCUT2D eigenvalue weighted by atomic mass is 10.2. The average Bonchev–Trinajstić information content (AvgIpc) is 2.96. The lowest BCUT2D eigenvalue weighted by molar-refractivity contribution is 0.508. The fourth-order valence-electron chi connectivity index (χ4n) is 4.40. The standard InChI is InChI=1S/C32H39N3O3S2/c1-8-25-9-17-32(18-10-25)40(36,37)38-39(29-19-11-26(12-20-29)33(2)3,30-21-13-27(14-22-30)34(4)5)31-23-15-28(16-24-31)35(6)7/h9-24H,8H2,1-7H3. The summed E-state index contributed by atoms with van der Waals surface area (Å²) in [6.07, 6.45) is 0.824. The quantitative estimate of drug-likeness (QED) is 0.201. The molecule has 0 aliphatic rings. The Labute approximate surface area is 241 Å². The largest absolute Gasteiger partial charge is 0.378 e. The van der Waals surface area contributed by atoms with E-state index in [1.165, 1.54) is 0 Å². The lowest BCUT2D eigenvalue weighted by Crippen LogP contribution is -2.16. The predicted molar refractivity (Wildman–Crippen MR) is 169 cm³/mol. The molecule has 0 aliphatic carbocycles. The van der Waals surface area contributed by atoms with Gasteiger partial charge in [-0.15, -0.1) is 0 Å². The number of hydrogen-bond donors (Lipinski definition) is 0. The van der Waals surface area contributed by atoms with Crippen LogP contribution in [-0.2, 0) is 20.2 Å². The Kier molecular flexibility index (Phi) is 8.83. The summed E-state index contributed by atoms with van der Waals surface area (Å²) in [5, 5.41) is 0. The maximum atomic E-state index is 14.1. The van der Waals surface area contributed by atoms with Gasteiger partial charge in [-0.25, -0.2) is 3.63 Å². The van der Waals surface area contributed by atoms with Crippen molar-refractivity contribution < 1.29 is 12.0 Å². The van der Waals surface area contributed by atoms with Crippen molar-refractivity contribution in [2.75, 3.05) is 57.0 Å². The number of rotatable bonds is 10. The van der Waals surface area contributed by atoms with Crippen LogP contribution in [0, 0.1) is 0 Å². The molecule has 8 heteroatoms. The van der Waals surface area contributed by atoms with E-state index >= 15 is 0 Å². The van der Waals surface area contributed by atoms with Crippen LogP contribution in [0.4, 0.5) is 17.1 Å². The van der Waals surface area contributed by atoms with E-state index in [0.717, 1.165) is 43.7 Å². The van der Waals surface area contributed by atoms with E-state index < -0.39 is 20.4 Å². The molecule has 4 aromatic rings. The van der Waals surface area contributed by atoms with Gasteiger partial charge in [0.1, 0.15) is 0 Å². The van der Waals surface area contributed by atoms with Gasteiger partial charge in [-0.1, -0.05) is 19.1 Å². The minimum Gasteiger partial charge on any atom is -0.378 e. The highest BCUT2D eigenvalue weighted by Crippen LogP contribution is 2.70. The van der Waals surface area contributed by atoms with Crippen molar-refractivity contribution in [3.63, 3.8) is 0 Å². The van der Waals surface area contributed by atoms with Crippen LogP contribution in [-0.4, -0.2) is 50.7 Å². The van der Waals surface area contributed by atoms with Gasteiger partial charge < -0.3 is 14.7 Å². The summed E-state index contributed by atoms with van der Waals surface area (Å²) < 4.78 is 34.7. The molecule has 212 valence electrons. The van der Waals surface area contributed by atoms with Crippen LogP contribution in [0.2, 0.25) is 0 Å². The Morgan fingerprint density at radius 3 is 1.07 bits per heavy atom. The summed E-state index contributed by atoms with van der Waals surface area (Å²) in [5.74, 6) is 0. The number of hydrogen-bond acceptors (Lipinski definition) is 6. The third-order valence-electron chi connectivity index (χ3n) is 6.87. The highest BCUT2D eigenvalue weighted by molar-refractivity contribution is 8.33. The summed E-state index contributed by atoms with van der Waals surface area (Å²) in [7, 11) is 5.01. The number of nitrogens with zero attached hydrogens (tertiary/aromatic N) is 3. The fourth-order valence-corrected chi connectivity index (χ4v) is 9.58. The van der Waals surface area contributed by atoms with Crippen LogP contribution in [0.3, 0.4) is 0 Å². The summed E-state index contributed by atoms with van der Waals surface area (Å²) in [4.78, 5) is 8.58. The summed E-state index contributed by atoms with van der Waals surface area (Å²) in [6, 6.07) is 30.9. The normalized spacial score (nSPS) is 12.2. The van der Waals surface area contributed by atoms with Gasteiger partial charge in [-0.2, -0.15) is 8.42 Å². The second-order valence-corrected chi connectivity index (χ2v) is 14.7. The van der Waals surface area contributed by atoms with Gasteiger partial charge in [-0.05, 0) is 107 Å². The number of aryl methyl sites for hydroxylation is 1. The molecule has 0 heterocycles. The second-order valence-electron chi connectivity index (χ2n) is 10.2. The highest BCUT2D eigenvalue weighted by Gasteiger charge is 2.38. The number of anilines is 3. The van der Waals surface area contributed by atoms with Gasteiger partial charge in [-0.3, -0.25) is 0 Å². The van der Waals surface area contributed by atoms with E-state index in [4.69, 9.17) is 3.63 Å². The SMILES string of the molecule is CCc1ccc(S(=O)(=O)OS(c2ccc(N(C)C)cc2)(c2ccc(N(C)C)cc2)c2ccc(N(C)C)cc2)cc1. The van der Waals surface area contributed by atoms with E-state index in [9.17, 15) is 8.42 Å². The smallest absolute Gasteiger partial charge is 0.307 e. The van der Waals surface area contributed by atoms with Gasteiger partial charge >= 0.3 is 10.1 Å². The molecule has 4 rings (SSSR count). The molecule has 0 radical (unpaired) electrons. The molecule has 0 saturated carbocycles. The van der Waals surface area contributed by atoms with Crippen molar-refractivity contribution in [2.24, 2.45) is 0 Å². The van der Waals surface area contributed by atoms with E-state index in [1.807, 2.05) is 149 Å². The third-order valence-corrected chi connectivity index (χ3v) is 12.1. The minimum atomic E-state index is -4.16. The zero-order chi connectivity index (χ0) is 29.1. The molecule has 0 aromatic heterocycles. The molecule has 4 aromatic carbocycles. The maximum absolute atomic E-state index is 14.1. The first-order valence-corrected chi connectivity index (χ1v) is 16.1. The van der Waals surface area contributed by atoms with Crippen molar-refractivity contribution in [1.29, 1.82) is 0 Å². The molecule has 40 heavy (non-hydrogen) atoms. The van der Waals surface area contributed by atoms with Gasteiger partial charge in [0, 0.05) is 74.0 Å². The Bertz CT molecular complexity index is 1390. The van der Waals surface area contributed by atoms with Gasteiger partial charge in [0.05, 0.1) is 4.90 Å². The van der Waals surface area contributed by atoms with Gasteiger partial charge in [0.25, 0.3) is 0 Å². The zero-order valence-corrected chi connectivity index (χ0v) is 26.0. The molecule has 6 nitrogen and oxygen atoms in total. The first kappa shape index (κ1) is 29.5. The van der Waals surface area contributed by atoms with E-state index in [-0.39, 0.29) is 4.90 Å². The Balaban J connectivity index is 2.01.